The maximum atomic E-state index is 12.8. The quantitative estimate of drug-likeness (QED) is 0.596. The fourth-order valence-electron chi connectivity index (χ4n) is 3.33. The average Bonchev–Trinajstić information content (AvgIpc) is 2.87. The fraction of sp³-hybridized carbons (Fsp3) is 0.375. The molecule has 2 aromatic rings. The van der Waals surface area contributed by atoms with Crippen LogP contribution in [0.4, 0.5) is 10.5 Å². The fourth-order valence-corrected chi connectivity index (χ4v) is 3.69. The summed E-state index contributed by atoms with van der Waals surface area (Å²) in [5, 5.41) is 21.1. The monoisotopic (exact) mass is 425 g/mol. The van der Waals surface area contributed by atoms with Crippen LogP contribution in [0, 0.1) is 10.1 Å². The first-order valence-corrected chi connectivity index (χ1v) is 8.69. The van der Waals surface area contributed by atoms with Crippen LogP contribution in [0.2, 0.25) is 0 Å². The molecule has 1 saturated heterocycles. The van der Waals surface area contributed by atoms with Crippen LogP contribution in [0.1, 0.15) is 24.3 Å². The van der Waals surface area contributed by atoms with Crippen molar-refractivity contribution in [3.63, 3.8) is 0 Å². The Morgan fingerprint density at radius 1 is 1.38 bits per heavy atom. The number of ether oxygens (including phenoxy) is 1. The van der Waals surface area contributed by atoms with Crippen LogP contribution in [0.15, 0.2) is 27.5 Å². The lowest BCUT2D eigenvalue weighted by molar-refractivity contribution is -0.384. The van der Waals surface area contributed by atoms with Crippen LogP contribution in [0.3, 0.4) is 0 Å². The van der Waals surface area contributed by atoms with Crippen molar-refractivity contribution in [2.75, 3.05) is 13.2 Å². The highest BCUT2D eigenvalue weighted by molar-refractivity contribution is 9.10. The van der Waals surface area contributed by atoms with Gasteiger partial charge >= 0.3 is 6.09 Å². The van der Waals surface area contributed by atoms with Gasteiger partial charge in [0.05, 0.1) is 16.2 Å². The lowest BCUT2D eigenvalue weighted by Crippen LogP contribution is -2.25. The minimum Gasteiger partial charge on any atom is -0.463 e. The van der Waals surface area contributed by atoms with Crippen molar-refractivity contribution in [3.05, 3.63) is 48.7 Å². The predicted molar refractivity (Wildman–Crippen MR) is 95.7 cm³/mol. The highest BCUT2D eigenvalue weighted by atomic mass is 79.9. The molecular weight excluding hydrogens is 410 g/mol. The number of nitro benzene ring substituents is 1. The Bertz CT molecular complexity index is 942. The summed E-state index contributed by atoms with van der Waals surface area (Å²) in [6.45, 7) is 0.901. The van der Waals surface area contributed by atoms with Crippen LogP contribution < -0.4 is 5.56 Å². The molecule has 0 atom stereocenters. The summed E-state index contributed by atoms with van der Waals surface area (Å²) in [6.07, 6.45) is -0.284. The lowest BCUT2D eigenvalue weighted by Gasteiger charge is -2.21. The van der Waals surface area contributed by atoms with E-state index in [1.807, 2.05) is 0 Å². The van der Waals surface area contributed by atoms with Gasteiger partial charge in [-0.3, -0.25) is 14.9 Å². The molecule has 1 aromatic heterocycles. The zero-order valence-corrected chi connectivity index (χ0v) is 15.4. The molecule has 0 saturated carbocycles. The highest BCUT2D eigenvalue weighted by Gasteiger charge is 2.33. The first kappa shape index (κ1) is 18.3. The second kappa shape index (κ2) is 7.04. The number of aromatic nitrogens is 2. The topological polar surface area (TPSA) is 117 Å². The number of rotatable bonds is 3. The van der Waals surface area contributed by atoms with E-state index in [0.717, 1.165) is 9.36 Å². The third kappa shape index (κ3) is 3.06. The number of hydrogen-bond donors (Lipinski definition) is 1. The number of carbonyl (C=O) groups is 1. The van der Waals surface area contributed by atoms with Gasteiger partial charge in [-0.05, 0) is 30.9 Å². The molecule has 10 heteroatoms. The van der Waals surface area contributed by atoms with E-state index in [0.29, 0.717) is 30.5 Å². The van der Waals surface area contributed by atoms with Crippen molar-refractivity contribution < 1.29 is 19.6 Å². The van der Waals surface area contributed by atoms with Gasteiger partial charge < -0.3 is 9.84 Å². The minimum absolute atomic E-state index is 0.0462. The Morgan fingerprint density at radius 3 is 2.62 bits per heavy atom. The number of benzene rings is 1. The van der Waals surface area contributed by atoms with Gasteiger partial charge in [0, 0.05) is 36.4 Å². The molecule has 0 bridgehead atoms. The molecule has 0 unspecified atom stereocenters. The van der Waals surface area contributed by atoms with Gasteiger partial charge in [-0.2, -0.15) is 4.68 Å². The molecule has 1 fully saturated rings. The SMILES string of the molecule is Cn1c(=O)c(C2CCOCC2)c(-c2cc(Br)ccc2[N+](=O)[O-])n1C(=O)O. The summed E-state index contributed by atoms with van der Waals surface area (Å²) in [7, 11) is 1.34. The van der Waals surface area contributed by atoms with Crippen molar-refractivity contribution in [3.8, 4) is 11.3 Å². The standard InChI is InChI=1S/C16H16BrN3O6/c1-18-15(21)13(9-4-6-26-7-5-9)14(19(18)16(22)23)11-8-10(17)2-3-12(11)20(24)25/h2-3,8-9H,4-7H2,1H3,(H,22,23). The molecule has 9 nitrogen and oxygen atoms in total. The van der Waals surface area contributed by atoms with Crippen LogP contribution in [-0.2, 0) is 11.8 Å². The average molecular weight is 426 g/mol. The Hall–Kier alpha value is -2.46. The first-order valence-electron chi connectivity index (χ1n) is 7.90. The molecule has 26 heavy (non-hydrogen) atoms. The number of halogens is 1. The van der Waals surface area contributed by atoms with Crippen molar-refractivity contribution in [1.82, 2.24) is 9.36 Å². The van der Waals surface area contributed by atoms with Crippen molar-refractivity contribution in [2.45, 2.75) is 18.8 Å². The van der Waals surface area contributed by atoms with Crippen LogP contribution in [-0.4, -0.2) is 38.7 Å². The molecular formula is C16H16BrN3O6. The summed E-state index contributed by atoms with van der Waals surface area (Å²) in [5.41, 5.74) is -0.319. The van der Waals surface area contributed by atoms with E-state index in [9.17, 15) is 24.8 Å². The molecule has 0 spiro atoms. The van der Waals surface area contributed by atoms with Gasteiger partial charge in [0.2, 0.25) is 0 Å². The Labute approximate surface area is 156 Å². The summed E-state index contributed by atoms with van der Waals surface area (Å²) in [5.74, 6) is -0.225. The largest absolute Gasteiger partial charge is 0.463 e. The highest BCUT2D eigenvalue weighted by Crippen LogP contribution is 2.38. The number of nitrogens with zero attached hydrogens (tertiary/aromatic N) is 3. The Kier molecular flexibility index (Phi) is 4.97. The molecule has 1 aromatic carbocycles. The second-order valence-corrected chi connectivity index (χ2v) is 6.91. The summed E-state index contributed by atoms with van der Waals surface area (Å²) in [4.78, 5) is 35.5. The van der Waals surface area contributed by atoms with Gasteiger partial charge in [0.15, 0.2) is 0 Å². The van der Waals surface area contributed by atoms with E-state index in [2.05, 4.69) is 15.9 Å². The molecule has 3 rings (SSSR count). The maximum Gasteiger partial charge on any atom is 0.431 e. The number of nitro groups is 1. The van der Waals surface area contributed by atoms with Gasteiger partial charge in [-0.1, -0.05) is 15.9 Å². The van der Waals surface area contributed by atoms with Crippen LogP contribution in [0.5, 0.6) is 0 Å². The third-order valence-corrected chi connectivity index (χ3v) is 5.01. The Morgan fingerprint density at radius 2 is 2.04 bits per heavy atom. The van der Waals surface area contributed by atoms with E-state index in [1.165, 1.54) is 25.2 Å². The van der Waals surface area contributed by atoms with Gasteiger partial charge in [-0.15, -0.1) is 0 Å². The van der Waals surface area contributed by atoms with Gasteiger partial charge in [0.25, 0.3) is 11.2 Å². The van der Waals surface area contributed by atoms with E-state index < -0.39 is 16.6 Å². The van der Waals surface area contributed by atoms with E-state index >= 15 is 0 Å². The normalized spacial score (nSPS) is 15.2. The molecule has 2 heterocycles. The maximum absolute atomic E-state index is 12.8. The number of carboxylic acid groups (broad SMARTS) is 1. The molecule has 1 aliphatic heterocycles. The molecule has 0 radical (unpaired) electrons. The zero-order chi connectivity index (χ0) is 19.0. The summed E-state index contributed by atoms with van der Waals surface area (Å²) >= 11 is 3.27. The third-order valence-electron chi connectivity index (χ3n) is 4.51. The molecule has 0 amide bonds. The van der Waals surface area contributed by atoms with Crippen molar-refractivity contribution in [1.29, 1.82) is 0 Å². The second-order valence-electron chi connectivity index (χ2n) is 5.99. The summed E-state index contributed by atoms with van der Waals surface area (Å²) < 4.78 is 7.63. The predicted octanol–water partition coefficient (Wildman–Crippen LogP) is 2.94. The van der Waals surface area contributed by atoms with Gasteiger partial charge in [-0.25, -0.2) is 9.48 Å². The molecule has 1 N–H and O–H groups in total. The smallest absolute Gasteiger partial charge is 0.431 e. The Balaban J connectivity index is 2.38. The van der Waals surface area contributed by atoms with Gasteiger partial charge in [0.1, 0.15) is 0 Å². The molecule has 138 valence electrons. The van der Waals surface area contributed by atoms with Crippen molar-refractivity contribution in [2.24, 2.45) is 7.05 Å². The molecule has 1 aliphatic rings. The first-order chi connectivity index (χ1) is 12.3. The van der Waals surface area contributed by atoms with E-state index in [-0.39, 0.29) is 28.4 Å². The molecule has 0 aliphatic carbocycles. The number of hydrogen-bond acceptors (Lipinski definition) is 5. The van der Waals surface area contributed by atoms with Crippen molar-refractivity contribution >= 4 is 27.7 Å². The van der Waals surface area contributed by atoms with Crippen LogP contribution in [0.25, 0.3) is 11.3 Å². The summed E-state index contributed by atoms with van der Waals surface area (Å²) in [6, 6.07) is 4.26. The van der Waals surface area contributed by atoms with E-state index in [1.54, 1.807) is 0 Å². The van der Waals surface area contributed by atoms with Crippen LogP contribution >= 0.6 is 15.9 Å². The zero-order valence-electron chi connectivity index (χ0n) is 13.8. The lowest BCUT2D eigenvalue weighted by atomic mass is 9.89. The van der Waals surface area contributed by atoms with E-state index in [4.69, 9.17) is 4.74 Å². The minimum atomic E-state index is -1.38.